The van der Waals surface area contributed by atoms with E-state index in [9.17, 15) is 8.42 Å². The summed E-state index contributed by atoms with van der Waals surface area (Å²) < 4.78 is 33.3. The molecule has 2 aromatic carbocycles. The van der Waals surface area contributed by atoms with Crippen LogP contribution in [0.2, 0.25) is 5.02 Å². The van der Waals surface area contributed by atoms with Gasteiger partial charge in [-0.2, -0.15) is 4.31 Å². The van der Waals surface area contributed by atoms with Gasteiger partial charge in [-0.15, -0.1) is 0 Å². The van der Waals surface area contributed by atoms with Crippen LogP contribution in [0.5, 0.6) is 0 Å². The molecule has 1 fully saturated rings. The maximum absolute atomic E-state index is 12.9. The molecule has 1 aliphatic rings. The molecule has 1 heterocycles. The molecule has 6 heteroatoms. The highest BCUT2D eigenvalue weighted by molar-refractivity contribution is 7.89. The van der Waals surface area contributed by atoms with Crippen molar-refractivity contribution in [2.45, 2.75) is 30.4 Å². The van der Waals surface area contributed by atoms with Crippen molar-refractivity contribution in [3.05, 3.63) is 65.2 Å². The number of hydrogen-bond acceptors (Lipinski definition) is 3. The van der Waals surface area contributed by atoms with Crippen molar-refractivity contribution < 1.29 is 13.2 Å². The summed E-state index contributed by atoms with van der Waals surface area (Å²) in [5, 5.41) is 0.519. The molecule has 0 bridgehead atoms. The van der Waals surface area contributed by atoms with Crippen molar-refractivity contribution >= 4 is 21.6 Å². The summed E-state index contributed by atoms with van der Waals surface area (Å²) in [5.41, 5.74) is 1.14. The van der Waals surface area contributed by atoms with Crippen LogP contribution in [0.1, 0.15) is 12.5 Å². The second-order valence-corrected chi connectivity index (χ2v) is 8.35. The Kier molecular flexibility index (Phi) is 5.25. The SMILES string of the molecule is CC1COC(Cc2ccccc2)CN1S(=O)(=O)c1ccc(Cl)cc1. The van der Waals surface area contributed by atoms with Gasteiger partial charge in [-0.1, -0.05) is 41.9 Å². The Bertz CT molecular complexity index is 778. The van der Waals surface area contributed by atoms with E-state index >= 15 is 0 Å². The zero-order valence-corrected chi connectivity index (χ0v) is 15.0. The molecule has 0 saturated carbocycles. The van der Waals surface area contributed by atoms with Crippen LogP contribution in [0, 0.1) is 0 Å². The van der Waals surface area contributed by atoms with Gasteiger partial charge in [-0.05, 0) is 43.2 Å². The number of sulfonamides is 1. The minimum atomic E-state index is -3.56. The van der Waals surface area contributed by atoms with Gasteiger partial charge in [0.2, 0.25) is 10.0 Å². The quantitative estimate of drug-likeness (QED) is 0.834. The molecular formula is C18H20ClNO3S. The number of morpholine rings is 1. The zero-order valence-electron chi connectivity index (χ0n) is 13.4. The molecule has 1 aliphatic heterocycles. The van der Waals surface area contributed by atoms with Gasteiger partial charge in [-0.3, -0.25) is 0 Å². The third-order valence-electron chi connectivity index (χ3n) is 4.17. The Hall–Kier alpha value is -1.40. The Balaban J connectivity index is 1.79. The minimum absolute atomic E-state index is 0.148. The molecule has 128 valence electrons. The smallest absolute Gasteiger partial charge is 0.243 e. The summed E-state index contributed by atoms with van der Waals surface area (Å²) >= 11 is 5.86. The molecule has 0 amide bonds. The largest absolute Gasteiger partial charge is 0.375 e. The van der Waals surface area contributed by atoms with Crippen LogP contribution in [0.4, 0.5) is 0 Å². The fraction of sp³-hybridized carbons (Fsp3) is 0.333. The first-order valence-corrected chi connectivity index (χ1v) is 9.71. The lowest BCUT2D eigenvalue weighted by Gasteiger charge is -2.37. The Labute approximate surface area is 148 Å². The van der Waals surface area contributed by atoms with Crippen LogP contribution in [0.25, 0.3) is 0 Å². The van der Waals surface area contributed by atoms with E-state index in [1.807, 2.05) is 37.3 Å². The lowest BCUT2D eigenvalue weighted by atomic mass is 10.1. The van der Waals surface area contributed by atoms with Crippen LogP contribution in [0.15, 0.2) is 59.5 Å². The molecule has 1 saturated heterocycles. The van der Waals surface area contributed by atoms with Gasteiger partial charge in [0.1, 0.15) is 0 Å². The van der Waals surface area contributed by atoms with E-state index in [2.05, 4.69) is 0 Å². The molecule has 0 N–H and O–H groups in total. The first-order chi connectivity index (χ1) is 11.5. The summed E-state index contributed by atoms with van der Waals surface area (Å²) in [6.07, 6.45) is 0.547. The number of halogens is 1. The van der Waals surface area contributed by atoms with Crippen LogP contribution < -0.4 is 0 Å². The van der Waals surface area contributed by atoms with Gasteiger partial charge in [0.15, 0.2) is 0 Å². The highest BCUT2D eigenvalue weighted by Gasteiger charge is 2.35. The van der Waals surface area contributed by atoms with E-state index in [0.717, 1.165) is 5.56 Å². The highest BCUT2D eigenvalue weighted by Crippen LogP contribution is 2.24. The van der Waals surface area contributed by atoms with Crippen molar-refractivity contribution in [1.82, 2.24) is 4.31 Å². The van der Waals surface area contributed by atoms with Crippen molar-refractivity contribution in [2.75, 3.05) is 13.2 Å². The molecule has 2 unspecified atom stereocenters. The van der Waals surface area contributed by atoms with Crippen molar-refractivity contribution in [2.24, 2.45) is 0 Å². The van der Waals surface area contributed by atoms with E-state index < -0.39 is 10.0 Å². The fourth-order valence-corrected chi connectivity index (χ4v) is 4.64. The molecule has 24 heavy (non-hydrogen) atoms. The molecular weight excluding hydrogens is 346 g/mol. The van der Waals surface area contributed by atoms with E-state index in [4.69, 9.17) is 16.3 Å². The van der Waals surface area contributed by atoms with Crippen LogP contribution in [0.3, 0.4) is 0 Å². The second kappa shape index (κ2) is 7.23. The molecule has 0 spiro atoms. The van der Waals surface area contributed by atoms with Crippen molar-refractivity contribution in [3.63, 3.8) is 0 Å². The minimum Gasteiger partial charge on any atom is -0.375 e. The topological polar surface area (TPSA) is 46.6 Å². The van der Waals surface area contributed by atoms with Gasteiger partial charge in [-0.25, -0.2) is 8.42 Å². The third-order valence-corrected chi connectivity index (χ3v) is 6.42. The number of rotatable bonds is 4. The summed E-state index contributed by atoms with van der Waals surface area (Å²) in [6, 6.07) is 16.1. The fourth-order valence-electron chi connectivity index (χ4n) is 2.87. The number of nitrogens with zero attached hydrogens (tertiary/aromatic N) is 1. The normalized spacial score (nSPS) is 22.4. The maximum atomic E-state index is 12.9. The summed E-state index contributed by atoms with van der Waals surface area (Å²) in [4.78, 5) is 0.263. The summed E-state index contributed by atoms with van der Waals surface area (Å²) in [6.45, 7) is 2.61. The average Bonchev–Trinajstić information content (AvgIpc) is 2.58. The number of benzene rings is 2. The highest BCUT2D eigenvalue weighted by atomic mass is 35.5. The lowest BCUT2D eigenvalue weighted by molar-refractivity contribution is -0.0265. The number of hydrogen-bond donors (Lipinski definition) is 0. The lowest BCUT2D eigenvalue weighted by Crippen LogP contribution is -2.51. The zero-order chi connectivity index (χ0) is 17.2. The molecule has 0 aliphatic carbocycles. The molecule has 2 aromatic rings. The van der Waals surface area contributed by atoms with E-state index in [-0.39, 0.29) is 17.0 Å². The Morgan fingerprint density at radius 2 is 1.79 bits per heavy atom. The van der Waals surface area contributed by atoms with Gasteiger partial charge in [0.25, 0.3) is 0 Å². The average molecular weight is 366 g/mol. The Morgan fingerprint density at radius 1 is 1.12 bits per heavy atom. The molecule has 0 radical (unpaired) electrons. The Morgan fingerprint density at radius 3 is 2.46 bits per heavy atom. The van der Waals surface area contributed by atoms with Crippen LogP contribution >= 0.6 is 11.6 Å². The van der Waals surface area contributed by atoms with E-state index in [1.54, 1.807) is 24.3 Å². The molecule has 0 aromatic heterocycles. The van der Waals surface area contributed by atoms with Gasteiger partial charge >= 0.3 is 0 Å². The van der Waals surface area contributed by atoms with Gasteiger partial charge in [0, 0.05) is 17.6 Å². The summed E-state index contributed by atoms with van der Waals surface area (Å²) in [5.74, 6) is 0. The predicted molar refractivity (Wildman–Crippen MR) is 94.7 cm³/mol. The first kappa shape index (κ1) is 17.4. The van der Waals surface area contributed by atoms with Crippen LogP contribution in [-0.4, -0.2) is 38.0 Å². The standard InChI is InChI=1S/C18H20ClNO3S/c1-14-13-23-17(11-15-5-3-2-4-6-15)12-20(14)24(21,22)18-9-7-16(19)8-10-18/h2-10,14,17H,11-13H2,1H3. The second-order valence-electron chi connectivity index (χ2n) is 6.02. The van der Waals surface area contributed by atoms with Crippen LogP contribution in [-0.2, 0) is 21.2 Å². The first-order valence-electron chi connectivity index (χ1n) is 7.90. The monoisotopic (exact) mass is 365 g/mol. The predicted octanol–water partition coefficient (Wildman–Crippen LogP) is 3.36. The van der Waals surface area contributed by atoms with Crippen molar-refractivity contribution in [3.8, 4) is 0 Å². The van der Waals surface area contributed by atoms with E-state index in [0.29, 0.717) is 24.6 Å². The third kappa shape index (κ3) is 3.81. The number of ether oxygens (including phenoxy) is 1. The summed E-state index contributed by atoms with van der Waals surface area (Å²) in [7, 11) is -3.56. The van der Waals surface area contributed by atoms with Crippen molar-refractivity contribution in [1.29, 1.82) is 0 Å². The molecule has 3 rings (SSSR count). The van der Waals surface area contributed by atoms with Gasteiger partial charge < -0.3 is 4.74 Å². The van der Waals surface area contributed by atoms with Gasteiger partial charge in [0.05, 0.1) is 17.6 Å². The molecule has 2 atom stereocenters. The molecule has 4 nitrogen and oxygen atoms in total. The maximum Gasteiger partial charge on any atom is 0.243 e. The van der Waals surface area contributed by atoms with E-state index in [1.165, 1.54) is 4.31 Å².